The predicted octanol–water partition coefficient (Wildman–Crippen LogP) is 0.0216. The highest BCUT2D eigenvalue weighted by Gasteiger charge is 1.72. The van der Waals surface area contributed by atoms with Crippen molar-refractivity contribution in [2.24, 2.45) is 15.7 Å². The fourth-order valence-corrected chi connectivity index (χ4v) is 0.190. The highest BCUT2D eigenvalue weighted by Crippen LogP contribution is 1.63. The molecule has 0 aliphatic carbocycles. The molecule has 0 fully saturated rings. The third kappa shape index (κ3) is 2.96. The van der Waals surface area contributed by atoms with E-state index in [2.05, 4.69) is 9.98 Å². The molecular weight excluding hydrogens is 90.1 g/mol. The van der Waals surface area contributed by atoms with Gasteiger partial charge in [0, 0.05) is 13.3 Å². The Morgan fingerprint density at radius 2 is 2.29 bits per heavy atom. The molecule has 0 saturated carbocycles. The number of rotatable bonds is 0. The van der Waals surface area contributed by atoms with Crippen LogP contribution in [0, 0.1) is 0 Å². The summed E-state index contributed by atoms with van der Waals surface area (Å²) in [5.41, 5.74) is 5.14. The Labute approximate surface area is 43.0 Å². The Bertz CT molecular complexity index is 93.1. The Kier molecular flexibility index (Phi) is 2.92. The van der Waals surface area contributed by atoms with Crippen molar-refractivity contribution in [3.8, 4) is 0 Å². The van der Waals surface area contributed by atoms with Crippen molar-refractivity contribution >= 4 is 12.2 Å². The maximum Gasteiger partial charge on any atom is 0.214 e. The number of hydrogen-bond acceptors (Lipinski definition) is 1. The molecule has 3 nitrogen and oxygen atoms in total. The molecule has 2 N–H and O–H groups in total. The molecule has 40 valence electrons. The van der Waals surface area contributed by atoms with E-state index in [-0.39, 0.29) is 0 Å². The Hall–Kier alpha value is -0.860. The molecule has 0 saturated heterocycles. The van der Waals surface area contributed by atoms with Gasteiger partial charge in [-0.25, -0.2) is 4.99 Å². The van der Waals surface area contributed by atoms with Crippen LogP contribution in [-0.2, 0) is 0 Å². The number of aliphatic imine (C=N–C) groups is 2. The van der Waals surface area contributed by atoms with Gasteiger partial charge in [-0.15, -0.1) is 0 Å². The summed E-state index contributed by atoms with van der Waals surface area (Å²) in [7, 11) is 1.60. The molecule has 0 spiro atoms. The maximum absolute atomic E-state index is 5.14. The minimum atomic E-state index is 0.322. The van der Waals surface area contributed by atoms with Crippen LogP contribution in [-0.4, -0.2) is 19.2 Å². The van der Waals surface area contributed by atoms with Gasteiger partial charge in [-0.1, -0.05) is 0 Å². The average Bonchev–Trinajstić information content (AvgIpc) is 1.68. The summed E-state index contributed by atoms with van der Waals surface area (Å²) < 4.78 is 0. The van der Waals surface area contributed by atoms with E-state index in [1.54, 1.807) is 20.2 Å². The topological polar surface area (TPSA) is 50.7 Å². The first-order valence-electron chi connectivity index (χ1n) is 2.02. The van der Waals surface area contributed by atoms with Gasteiger partial charge in [0.2, 0.25) is 5.96 Å². The quantitative estimate of drug-likeness (QED) is 0.338. The van der Waals surface area contributed by atoms with Crippen LogP contribution < -0.4 is 5.73 Å². The van der Waals surface area contributed by atoms with Crippen LogP contribution in [0.25, 0.3) is 0 Å². The van der Waals surface area contributed by atoms with Crippen LogP contribution in [0.3, 0.4) is 0 Å². The number of nitrogens with two attached hydrogens (primary N) is 1. The summed E-state index contributed by atoms with van der Waals surface area (Å²) in [5, 5.41) is 0. The summed E-state index contributed by atoms with van der Waals surface area (Å²) in [6, 6.07) is 0. The lowest BCUT2D eigenvalue weighted by atomic mass is 10.8. The number of nitrogens with zero attached hydrogens (tertiary/aromatic N) is 2. The first kappa shape index (κ1) is 6.14. The van der Waals surface area contributed by atoms with Gasteiger partial charge < -0.3 is 5.73 Å². The third-order valence-electron chi connectivity index (χ3n) is 0.490. The van der Waals surface area contributed by atoms with Crippen LogP contribution in [0.2, 0.25) is 0 Å². The predicted molar refractivity (Wildman–Crippen MR) is 31.7 cm³/mol. The molecule has 0 aromatic carbocycles. The highest BCUT2D eigenvalue weighted by molar-refractivity contribution is 5.85. The van der Waals surface area contributed by atoms with Crippen LogP contribution >= 0.6 is 0 Å². The fourth-order valence-electron chi connectivity index (χ4n) is 0.190. The fraction of sp³-hybridized carbons (Fsp3) is 0.500. The SMILES string of the molecule is C/C=N\C(N)=NC. The van der Waals surface area contributed by atoms with Crippen molar-refractivity contribution in [1.82, 2.24) is 0 Å². The Morgan fingerprint density at radius 1 is 1.71 bits per heavy atom. The molecule has 3 heteroatoms. The minimum Gasteiger partial charge on any atom is -0.368 e. The van der Waals surface area contributed by atoms with E-state index < -0.39 is 0 Å². The monoisotopic (exact) mass is 99.1 g/mol. The smallest absolute Gasteiger partial charge is 0.214 e. The molecule has 0 aromatic rings. The van der Waals surface area contributed by atoms with Crippen molar-refractivity contribution < 1.29 is 0 Å². The van der Waals surface area contributed by atoms with Crippen molar-refractivity contribution in [3.05, 3.63) is 0 Å². The zero-order valence-electron chi connectivity index (χ0n) is 4.55. The summed E-state index contributed by atoms with van der Waals surface area (Å²) >= 11 is 0. The second-order valence-corrected chi connectivity index (χ2v) is 0.969. The summed E-state index contributed by atoms with van der Waals surface area (Å²) in [6.07, 6.45) is 1.60. The van der Waals surface area contributed by atoms with Crippen LogP contribution in [0.1, 0.15) is 6.92 Å². The van der Waals surface area contributed by atoms with Crippen molar-refractivity contribution in [1.29, 1.82) is 0 Å². The zero-order valence-corrected chi connectivity index (χ0v) is 4.55. The van der Waals surface area contributed by atoms with Gasteiger partial charge >= 0.3 is 0 Å². The van der Waals surface area contributed by atoms with E-state index in [1.807, 2.05) is 0 Å². The van der Waals surface area contributed by atoms with E-state index in [0.29, 0.717) is 5.96 Å². The average molecular weight is 99.1 g/mol. The summed E-state index contributed by atoms with van der Waals surface area (Å²) in [5.74, 6) is 0.322. The van der Waals surface area contributed by atoms with Crippen molar-refractivity contribution in [2.75, 3.05) is 7.05 Å². The standard InChI is InChI=1S/C4H9N3/c1-3-7-4(5)6-2/h3H,1-2H3,(H2,5,6)/b7-3-. The van der Waals surface area contributed by atoms with Gasteiger partial charge in [0.15, 0.2) is 0 Å². The van der Waals surface area contributed by atoms with E-state index in [1.165, 1.54) is 0 Å². The molecule has 0 unspecified atom stereocenters. The molecular formula is C4H9N3. The van der Waals surface area contributed by atoms with Gasteiger partial charge in [-0.3, -0.25) is 4.99 Å². The third-order valence-corrected chi connectivity index (χ3v) is 0.490. The maximum atomic E-state index is 5.14. The van der Waals surface area contributed by atoms with Gasteiger partial charge in [0.25, 0.3) is 0 Å². The van der Waals surface area contributed by atoms with E-state index in [9.17, 15) is 0 Å². The molecule has 0 atom stereocenters. The van der Waals surface area contributed by atoms with Gasteiger partial charge in [0.1, 0.15) is 0 Å². The number of guanidine groups is 1. The summed E-state index contributed by atoms with van der Waals surface area (Å²) in [6.45, 7) is 1.79. The Balaban J connectivity index is 3.58. The van der Waals surface area contributed by atoms with Gasteiger partial charge in [0.05, 0.1) is 0 Å². The first-order chi connectivity index (χ1) is 3.31. The zero-order chi connectivity index (χ0) is 5.70. The number of hydrogen-bond donors (Lipinski definition) is 1. The van der Waals surface area contributed by atoms with Crippen LogP contribution in [0.15, 0.2) is 9.98 Å². The molecule has 0 heterocycles. The lowest BCUT2D eigenvalue weighted by Crippen LogP contribution is -2.06. The normalized spacial score (nSPS) is 13.1. The lowest BCUT2D eigenvalue weighted by molar-refractivity contribution is 1.36. The van der Waals surface area contributed by atoms with Gasteiger partial charge in [-0.2, -0.15) is 0 Å². The highest BCUT2D eigenvalue weighted by atomic mass is 15.0. The van der Waals surface area contributed by atoms with Gasteiger partial charge in [-0.05, 0) is 6.92 Å². The van der Waals surface area contributed by atoms with Crippen molar-refractivity contribution in [2.45, 2.75) is 6.92 Å². The van der Waals surface area contributed by atoms with Crippen molar-refractivity contribution in [3.63, 3.8) is 0 Å². The molecule has 0 rings (SSSR count). The lowest BCUT2D eigenvalue weighted by Gasteiger charge is -1.81. The Morgan fingerprint density at radius 3 is 2.43 bits per heavy atom. The molecule has 0 bridgehead atoms. The molecule has 0 radical (unpaired) electrons. The second-order valence-electron chi connectivity index (χ2n) is 0.969. The molecule has 7 heavy (non-hydrogen) atoms. The van der Waals surface area contributed by atoms with Crippen LogP contribution in [0.4, 0.5) is 0 Å². The van der Waals surface area contributed by atoms with E-state index in [0.717, 1.165) is 0 Å². The molecule has 0 aromatic heterocycles. The minimum absolute atomic E-state index is 0.322. The molecule has 0 aliphatic heterocycles. The first-order valence-corrected chi connectivity index (χ1v) is 2.02. The van der Waals surface area contributed by atoms with Crippen LogP contribution in [0.5, 0.6) is 0 Å². The second kappa shape index (κ2) is 3.33. The molecule has 0 amide bonds. The molecule has 0 aliphatic rings. The summed E-state index contributed by atoms with van der Waals surface area (Å²) in [4.78, 5) is 7.22. The van der Waals surface area contributed by atoms with E-state index in [4.69, 9.17) is 5.73 Å². The van der Waals surface area contributed by atoms with E-state index >= 15 is 0 Å². The largest absolute Gasteiger partial charge is 0.368 e.